The maximum absolute atomic E-state index is 13.2. The van der Waals surface area contributed by atoms with Crippen molar-refractivity contribution < 1.29 is 24.1 Å². The highest BCUT2D eigenvalue weighted by Gasteiger charge is 2.46. The molecule has 0 spiro atoms. The lowest BCUT2D eigenvalue weighted by Gasteiger charge is -2.39. The van der Waals surface area contributed by atoms with Gasteiger partial charge in [0, 0.05) is 31.2 Å². The number of hydrogen-bond acceptors (Lipinski definition) is 7. The van der Waals surface area contributed by atoms with E-state index < -0.39 is 17.7 Å². The molecule has 0 radical (unpaired) electrons. The summed E-state index contributed by atoms with van der Waals surface area (Å²) in [6.07, 6.45) is -0.775. The van der Waals surface area contributed by atoms with Crippen molar-refractivity contribution in [3.05, 3.63) is 84.4 Å². The summed E-state index contributed by atoms with van der Waals surface area (Å²) < 4.78 is 5.38. The SMILES string of the molecule is CN(C)c1ccc(N2c3ccc(cc3)OOC(=O)[C@]2(C)NC(=O)OCc2ccccc2)cc1. The fourth-order valence-corrected chi connectivity index (χ4v) is 3.54. The number of amides is 1. The van der Waals surface area contributed by atoms with Gasteiger partial charge in [-0.05, 0) is 61.0 Å². The zero-order valence-electron chi connectivity index (χ0n) is 18.6. The summed E-state index contributed by atoms with van der Waals surface area (Å²) in [5.74, 6) is -0.441. The van der Waals surface area contributed by atoms with E-state index in [2.05, 4.69) is 5.32 Å². The Kier molecular flexibility index (Phi) is 6.08. The molecular weight excluding hydrogens is 422 g/mol. The minimum absolute atomic E-state index is 0.0557. The van der Waals surface area contributed by atoms with Gasteiger partial charge in [0.05, 0.1) is 0 Å². The van der Waals surface area contributed by atoms with E-state index in [0.29, 0.717) is 17.1 Å². The fourth-order valence-electron chi connectivity index (χ4n) is 3.54. The van der Waals surface area contributed by atoms with Gasteiger partial charge in [0.2, 0.25) is 5.66 Å². The van der Waals surface area contributed by atoms with E-state index >= 15 is 0 Å². The van der Waals surface area contributed by atoms with E-state index in [4.69, 9.17) is 14.5 Å². The van der Waals surface area contributed by atoms with Crippen LogP contribution in [0.5, 0.6) is 5.75 Å². The molecule has 2 aliphatic rings. The van der Waals surface area contributed by atoms with Crippen LogP contribution < -0.4 is 20.0 Å². The molecule has 8 heteroatoms. The van der Waals surface area contributed by atoms with Crippen LogP contribution in [0.15, 0.2) is 78.9 Å². The van der Waals surface area contributed by atoms with Gasteiger partial charge in [-0.15, -0.1) is 0 Å². The number of nitrogens with zero attached hydrogens (tertiary/aromatic N) is 2. The van der Waals surface area contributed by atoms with Gasteiger partial charge in [-0.1, -0.05) is 30.3 Å². The van der Waals surface area contributed by atoms with Crippen LogP contribution in [0.3, 0.4) is 0 Å². The van der Waals surface area contributed by atoms with Gasteiger partial charge in [-0.2, -0.15) is 0 Å². The van der Waals surface area contributed by atoms with Crippen molar-refractivity contribution in [2.45, 2.75) is 19.2 Å². The Morgan fingerprint density at radius 1 is 0.939 bits per heavy atom. The summed E-state index contributed by atoms with van der Waals surface area (Å²) in [4.78, 5) is 39.8. The second-order valence-electron chi connectivity index (χ2n) is 7.95. The second kappa shape index (κ2) is 9.12. The van der Waals surface area contributed by atoms with Crippen LogP contribution in [-0.4, -0.2) is 31.8 Å². The molecule has 3 aromatic rings. The summed E-state index contributed by atoms with van der Waals surface area (Å²) >= 11 is 0. The first kappa shape index (κ1) is 22.0. The van der Waals surface area contributed by atoms with Crippen molar-refractivity contribution in [1.29, 1.82) is 0 Å². The number of alkyl carbamates (subject to hydrolysis) is 1. The van der Waals surface area contributed by atoms with Crippen LogP contribution in [0.1, 0.15) is 12.5 Å². The molecular formula is C25H25N3O5. The highest BCUT2D eigenvalue weighted by atomic mass is 17.2. The van der Waals surface area contributed by atoms with Crippen molar-refractivity contribution in [2.24, 2.45) is 0 Å². The number of carbonyl (C=O) groups is 2. The molecule has 0 saturated heterocycles. The Morgan fingerprint density at radius 3 is 2.15 bits per heavy atom. The first-order valence-electron chi connectivity index (χ1n) is 10.4. The van der Waals surface area contributed by atoms with E-state index in [1.807, 2.05) is 73.6 Å². The molecule has 2 aliphatic heterocycles. The average molecular weight is 447 g/mol. The molecule has 170 valence electrons. The van der Waals surface area contributed by atoms with E-state index in [1.165, 1.54) is 0 Å². The molecule has 5 rings (SSSR count). The predicted octanol–water partition coefficient (Wildman–Crippen LogP) is 4.38. The molecule has 33 heavy (non-hydrogen) atoms. The first-order valence-corrected chi connectivity index (χ1v) is 10.4. The summed E-state index contributed by atoms with van der Waals surface area (Å²) in [5, 5.41) is 2.68. The molecule has 0 fully saturated rings. The standard InChI is InChI=1S/C25H25N3O5/c1-25(26-24(30)31-17-18-7-5-4-6-8-18)23(29)33-32-22-15-13-21(14-16-22)28(25)20-11-9-19(10-12-20)27(2)3/h4-16H,17H2,1-3H3,(H,26,30)/t25-/m1/s1. The van der Waals surface area contributed by atoms with Crippen molar-refractivity contribution >= 4 is 29.1 Å². The normalized spacial score (nSPS) is 17.2. The number of carbonyl (C=O) groups excluding carboxylic acids is 2. The Hall–Kier alpha value is -4.20. The Balaban J connectivity index is 1.68. The van der Waals surface area contributed by atoms with Crippen LogP contribution >= 0.6 is 0 Å². The molecule has 2 heterocycles. The molecule has 0 unspecified atom stereocenters. The molecule has 0 aromatic heterocycles. The highest BCUT2D eigenvalue weighted by molar-refractivity contribution is 5.91. The Labute approximate surface area is 192 Å². The van der Waals surface area contributed by atoms with Crippen LogP contribution in [-0.2, 0) is 21.0 Å². The summed E-state index contributed by atoms with van der Waals surface area (Å²) in [5.41, 5.74) is 1.46. The molecule has 2 bridgehead atoms. The van der Waals surface area contributed by atoms with E-state index in [0.717, 1.165) is 11.3 Å². The third-order valence-corrected chi connectivity index (χ3v) is 5.34. The zero-order chi connectivity index (χ0) is 23.4. The third-order valence-electron chi connectivity index (χ3n) is 5.34. The number of rotatable bonds is 5. The maximum atomic E-state index is 13.2. The topological polar surface area (TPSA) is 80.3 Å². The lowest BCUT2D eigenvalue weighted by Crippen LogP contribution is -2.63. The number of ether oxygens (including phenoxy) is 1. The van der Waals surface area contributed by atoms with E-state index in [1.54, 1.807) is 36.1 Å². The van der Waals surface area contributed by atoms with Gasteiger partial charge in [0.25, 0.3) is 0 Å². The van der Waals surface area contributed by atoms with Crippen LogP contribution in [0.2, 0.25) is 0 Å². The number of hydrogen-bond donors (Lipinski definition) is 1. The van der Waals surface area contributed by atoms with Gasteiger partial charge >= 0.3 is 12.1 Å². The number of benzene rings is 3. The van der Waals surface area contributed by atoms with E-state index in [-0.39, 0.29) is 6.61 Å². The molecule has 8 nitrogen and oxygen atoms in total. The second-order valence-corrected chi connectivity index (χ2v) is 7.95. The molecule has 3 aromatic carbocycles. The van der Waals surface area contributed by atoms with Gasteiger partial charge in [-0.3, -0.25) is 10.2 Å². The minimum Gasteiger partial charge on any atom is -0.445 e. The van der Waals surface area contributed by atoms with Crippen LogP contribution in [0.25, 0.3) is 0 Å². The lowest BCUT2D eigenvalue weighted by atomic mass is 10.1. The minimum atomic E-state index is -1.67. The molecule has 1 N–H and O–H groups in total. The Morgan fingerprint density at radius 2 is 1.55 bits per heavy atom. The number of nitrogens with one attached hydrogen (secondary N) is 1. The zero-order valence-corrected chi connectivity index (χ0v) is 18.6. The quantitative estimate of drug-likeness (QED) is 0.581. The average Bonchev–Trinajstić information content (AvgIpc) is 2.90. The molecule has 0 saturated carbocycles. The number of fused-ring (bicyclic) bond motifs is 6. The monoisotopic (exact) mass is 447 g/mol. The summed E-state index contributed by atoms with van der Waals surface area (Å²) in [6, 6.07) is 23.8. The Bertz CT molecular complexity index is 1120. The summed E-state index contributed by atoms with van der Waals surface area (Å²) in [7, 11) is 3.88. The van der Waals surface area contributed by atoms with Gasteiger partial charge in [-0.25, -0.2) is 14.5 Å². The third kappa shape index (κ3) is 4.69. The van der Waals surface area contributed by atoms with Crippen molar-refractivity contribution in [2.75, 3.05) is 23.9 Å². The van der Waals surface area contributed by atoms with E-state index in [9.17, 15) is 9.59 Å². The number of anilines is 3. The molecule has 1 atom stereocenters. The van der Waals surface area contributed by atoms with Crippen molar-refractivity contribution in [1.82, 2.24) is 5.32 Å². The maximum Gasteiger partial charge on any atom is 0.409 e. The van der Waals surface area contributed by atoms with Gasteiger partial charge in [0.1, 0.15) is 6.61 Å². The van der Waals surface area contributed by atoms with Gasteiger partial charge < -0.3 is 14.5 Å². The van der Waals surface area contributed by atoms with Gasteiger partial charge in [0.15, 0.2) is 5.75 Å². The first-order chi connectivity index (χ1) is 15.9. The highest BCUT2D eigenvalue weighted by Crippen LogP contribution is 2.36. The van der Waals surface area contributed by atoms with Crippen molar-refractivity contribution in [3.63, 3.8) is 0 Å². The summed E-state index contributed by atoms with van der Waals surface area (Å²) in [6.45, 7) is 1.60. The molecule has 1 amide bonds. The lowest BCUT2D eigenvalue weighted by molar-refractivity contribution is -0.220. The fraction of sp³-hybridized carbons (Fsp3) is 0.200. The molecule has 0 aliphatic carbocycles. The predicted molar refractivity (Wildman–Crippen MR) is 124 cm³/mol. The smallest absolute Gasteiger partial charge is 0.409 e. The van der Waals surface area contributed by atoms with Crippen LogP contribution in [0, 0.1) is 0 Å². The largest absolute Gasteiger partial charge is 0.445 e. The van der Waals surface area contributed by atoms with Crippen molar-refractivity contribution in [3.8, 4) is 5.75 Å². The van der Waals surface area contributed by atoms with Crippen LogP contribution in [0.4, 0.5) is 21.9 Å².